The highest BCUT2D eigenvalue weighted by Crippen LogP contribution is 2.14. The molecule has 1 aromatic carbocycles. The van der Waals surface area contributed by atoms with Gasteiger partial charge in [0.1, 0.15) is 11.9 Å². The maximum Gasteiger partial charge on any atom is 0.145 e. The molecule has 0 N–H and O–H groups in total. The zero-order valence-electron chi connectivity index (χ0n) is 10.00. The molecule has 1 rings (SSSR count). The Morgan fingerprint density at radius 3 is 2.69 bits per heavy atom. The van der Waals surface area contributed by atoms with Crippen LogP contribution in [0.15, 0.2) is 18.2 Å². The zero-order valence-corrected chi connectivity index (χ0v) is 10.00. The van der Waals surface area contributed by atoms with E-state index in [0.717, 1.165) is 6.54 Å². The molecule has 0 radical (unpaired) electrons. The standard InChI is InChI=1S/C13H17FN2/c1-10(2)8-16(3)9-12-6-4-5-11(7-15)13(12)14/h4-6,10H,8-9H2,1-3H3. The molecular weight excluding hydrogens is 203 g/mol. The van der Waals surface area contributed by atoms with Crippen LogP contribution in [0.3, 0.4) is 0 Å². The maximum absolute atomic E-state index is 13.7. The minimum absolute atomic E-state index is 0.121. The number of nitriles is 1. The van der Waals surface area contributed by atoms with Gasteiger partial charge in [-0.25, -0.2) is 4.39 Å². The summed E-state index contributed by atoms with van der Waals surface area (Å²) in [5, 5.41) is 8.72. The van der Waals surface area contributed by atoms with Gasteiger partial charge in [0.15, 0.2) is 0 Å². The first kappa shape index (κ1) is 12.7. The lowest BCUT2D eigenvalue weighted by Gasteiger charge is -2.19. The van der Waals surface area contributed by atoms with Gasteiger partial charge in [0, 0.05) is 18.7 Å². The Labute approximate surface area is 96.3 Å². The number of benzene rings is 1. The van der Waals surface area contributed by atoms with Crippen molar-refractivity contribution in [1.82, 2.24) is 4.90 Å². The zero-order chi connectivity index (χ0) is 12.1. The van der Waals surface area contributed by atoms with E-state index in [0.29, 0.717) is 18.0 Å². The fraction of sp³-hybridized carbons (Fsp3) is 0.462. The SMILES string of the molecule is CC(C)CN(C)Cc1cccc(C#N)c1F. The van der Waals surface area contributed by atoms with Crippen molar-refractivity contribution in [2.75, 3.05) is 13.6 Å². The van der Waals surface area contributed by atoms with E-state index < -0.39 is 0 Å². The van der Waals surface area contributed by atoms with Crippen LogP contribution in [0.25, 0.3) is 0 Å². The third-order valence-electron chi connectivity index (χ3n) is 2.32. The van der Waals surface area contributed by atoms with E-state index in [4.69, 9.17) is 5.26 Å². The van der Waals surface area contributed by atoms with Gasteiger partial charge in [0.25, 0.3) is 0 Å². The molecule has 0 unspecified atom stereocenters. The first-order valence-electron chi connectivity index (χ1n) is 5.40. The van der Waals surface area contributed by atoms with Crippen LogP contribution in [0.5, 0.6) is 0 Å². The molecule has 3 heteroatoms. The molecule has 0 amide bonds. The van der Waals surface area contributed by atoms with Crippen molar-refractivity contribution in [3.63, 3.8) is 0 Å². The second kappa shape index (κ2) is 5.62. The fourth-order valence-electron chi connectivity index (χ4n) is 1.77. The molecule has 0 aromatic heterocycles. The summed E-state index contributed by atoms with van der Waals surface area (Å²) in [6.45, 7) is 5.70. The number of halogens is 1. The van der Waals surface area contributed by atoms with E-state index in [-0.39, 0.29) is 11.4 Å². The molecule has 16 heavy (non-hydrogen) atoms. The van der Waals surface area contributed by atoms with E-state index in [1.807, 2.05) is 13.1 Å². The van der Waals surface area contributed by atoms with Gasteiger partial charge in [-0.2, -0.15) is 5.26 Å². The Kier molecular flexibility index (Phi) is 4.45. The van der Waals surface area contributed by atoms with Gasteiger partial charge in [0.05, 0.1) is 5.56 Å². The number of nitrogens with zero attached hydrogens (tertiary/aromatic N) is 2. The van der Waals surface area contributed by atoms with Gasteiger partial charge < -0.3 is 4.90 Å². The van der Waals surface area contributed by atoms with Crippen molar-refractivity contribution >= 4 is 0 Å². The molecule has 2 nitrogen and oxygen atoms in total. The van der Waals surface area contributed by atoms with Crippen LogP contribution >= 0.6 is 0 Å². The molecule has 0 aliphatic rings. The van der Waals surface area contributed by atoms with Gasteiger partial charge in [-0.3, -0.25) is 0 Å². The largest absolute Gasteiger partial charge is 0.302 e. The molecule has 0 saturated heterocycles. The monoisotopic (exact) mass is 220 g/mol. The third kappa shape index (κ3) is 3.32. The number of rotatable bonds is 4. The Morgan fingerprint density at radius 2 is 2.12 bits per heavy atom. The molecule has 1 aromatic rings. The van der Waals surface area contributed by atoms with Crippen molar-refractivity contribution in [2.24, 2.45) is 5.92 Å². The Bertz CT molecular complexity index is 393. The minimum Gasteiger partial charge on any atom is -0.302 e. The summed E-state index contributed by atoms with van der Waals surface area (Å²) in [4.78, 5) is 2.06. The molecule has 0 fully saturated rings. The molecule has 86 valence electrons. The Balaban J connectivity index is 2.78. The average molecular weight is 220 g/mol. The topological polar surface area (TPSA) is 27.0 Å². The quantitative estimate of drug-likeness (QED) is 0.780. The molecule has 0 atom stereocenters. The summed E-state index contributed by atoms with van der Waals surface area (Å²) >= 11 is 0. The first-order chi connectivity index (χ1) is 7.54. The van der Waals surface area contributed by atoms with Crippen LogP contribution in [0.4, 0.5) is 4.39 Å². The second-order valence-electron chi connectivity index (χ2n) is 4.48. The van der Waals surface area contributed by atoms with Gasteiger partial charge in [-0.1, -0.05) is 26.0 Å². The lowest BCUT2D eigenvalue weighted by atomic mass is 10.1. The molecule has 0 aliphatic carbocycles. The minimum atomic E-state index is -0.388. The van der Waals surface area contributed by atoms with Crippen molar-refractivity contribution in [1.29, 1.82) is 5.26 Å². The van der Waals surface area contributed by atoms with Crippen molar-refractivity contribution < 1.29 is 4.39 Å². The average Bonchev–Trinajstić information content (AvgIpc) is 2.20. The van der Waals surface area contributed by atoms with Crippen molar-refractivity contribution in [3.8, 4) is 6.07 Å². The van der Waals surface area contributed by atoms with E-state index in [9.17, 15) is 4.39 Å². The van der Waals surface area contributed by atoms with Crippen molar-refractivity contribution in [3.05, 3.63) is 35.1 Å². The van der Waals surface area contributed by atoms with Crippen LogP contribution in [0.1, 0.15) is 25.0 Å². The van der Waals surface area contributed by atoms with Crippen LogP contribution in [0, 0.1) is 23.1 Å². The summed E-state index contributed by atoms with van der Waals surface area (Å²) < 4.78 is 13.7. The highest BCUT2D eigenvalue weighted by Gasteiger charge is 2.10. The summed E-state index contributed by atoms with van der Waals surface area (Å²) in [5.74, 6) is 0.160. The van der Waals surface area contributed by atoms with Crippen LogP contribution < -0.4 is 0 Å². The van der Waals surface area contributed by atoms with E-state index >= 15 is 0 Å². The molecule has 0 spiro atoms. The molecule has 0 bridgehead atoms. The second-order valence-corrected chi connectivity index (χ2v) is 4.48. The summed E-state index contributed by atoms with van der Waals surface area (Å²) in [6, 6.07) is 6.81. The summed E-state index contributed by atoms with van der Waals surface area (Å²) in [6.07, 6.45) is 0. The number of hydrogen-bond donors (Lipinski definition) is 0. The van der Waals surface area contributed by atoms with E-state index in [1.54, 1.807) is 12.1 Å². The normalized spacial score (nSPS) is 10.8. The lowest BCUT2D eigenvalue weighted by molar-refractivity contribution is 0.284. The van der Waals surface area contributed by atoms with Crippen LogP contribution in [-0.2, 0) is 6.54 Å². The van der Waals surface area contributed by atoms with Gasteiger partial charge >= 0.3 is 0 Å². The molecule has 0 aliphatic heterocycles. The predicted molar refractivity (Wildman–Crippen MR) is 62.3 cm³/mol. The van der Waals surface area contributed by atoms with Crippen LogP contribution in [-0.4, -0.2) is 18.5 Å². The predicted octanol–water partition coefficient (Wildman–Crippen LogP) is 2.79. The van der Waals surface area contributed by atoms with Gasteiger partial charge in [-0.05, 0) is 19.0 Å². The summed E-state index contributed by atoms with van der Waals surface area (Å²) in [7, 11) is 1.96. The highest BCUT2D eigenvalue weighted by molar-refractivity contribution is 5.34. The molecular formula is C13H17FN2. The molecule has 0 saturated carbocycles. The lowest BCUT2D eigenvalue weighted by Crippen LogP contribution is -2.23. The van der Waals surface area contributed by atoms with E-state index in [1.165, 1.54) is 6.07 Å². The Hall–Kier alpha value is -1.40. The van der Waals surface area contributed by atoms with Gasteiger partial charge in [0.2, 0.25) is 0 Å². The first-order valence-corrected chi connectivity index (χ1v) is 5.40. The van der Waals surface area contributed by atoms with Gasteiger partial charge in [-0.15, -0.1) is 0 Å². The van der Waals surface area contributed by atoms with Crippen LogP contribution in [0.2, 0.25) is 0 Å². The third-order valence-corrected chi connectivity index (χ3v) is 2.32. The Morgan fingerprint density at radius 1 is 1.44 bits per heavy atom. The summed E-state index contributed by atoms with van der Waals surface area (Å²) in [5.41, 5.74) is 0.706. The smallest absolute Gasteiger partial charge is 0.145 e. The maximum atomic E-state index is 13.7. The fourth-order valence-corrected chi connectivity index (χ4v) is 1.77. The highest BCUT2D eigenvalue weighted by atomic mass is 19.1. The number of hydrogen-bond acceptors (Lipinski definition) is 2. The van der Waals surface area contributed by atoms with Crippen molar-refractivity contribution in [2.45, 2.75) is 20.4 Å². The molecule has 0 heterocycles. The van der Waals surface area contributed by atoms with E-state index in [2.05, 4.69) is 18.7 Å².